The molecule has 0 saturated heterocycles. The van der Waals surface area contributed by atoms with Gasteiger partial charge in [0.1, 0.15) is 0 Å². The zero-order valence-electron chi connectivity index (χ0n) is 9.33. The highest BCUT2D eigenvalue weighted by Crippen LogP contribution is 2.33. The Morgan fingerprint density at radius 2 is 2.12 bits per heavy atom. The first-order chi connectivity index (χ1) is 8.40. The summed E-state index contributed by atoms with van der Waals surface area (Å²) >= 11 is 1.64. The molecular formula is C11H13N3O2S. The number of benzene rings is 1. The van der Waals surface area contributed by atoms with Crippen molar-refractivity contribution in [2.24, 2.45) is 5.11 Å². The van der Waals surface area contributed by atoms with Gasteiger partial charge in [-0.25, -0.2) is 0 Å². The Hall–Kier alpha value is -1.52. The molecule has 0 spiro atoms. The smallest absolute Gasteiger partial charge is 0.162 e. The SMILES string of the molecule is [N-]=[N+]=NCCSc1ccc2c(c1)OCCCO2. The summed E-state index contributed by atoms with van der Waals surface area (Å²) in [6.07, 6.45) is 0.911. The lowest BCUT2D eigenvalue weighted by molar-refractivity contribution is 0.297. The summed E-state index contributed by atoms with van der Waals surface area (Å²) in [5, 5.41) is 3.49. The molecule has 2 rings (SSSR count). The molecule has 1 aromatic rings. The second kappa shape index (κ2) is 6.27. The van der Waals surface area contributed by atoms with Crippen molar-refractivity contribution in [3.05, 3.63) is 28.6 Å². The molecule has 1 aromatic carbocycles. The summed E-state index contributed by atoms with van der Waals surface area (Å²) in [5.74, 6) is 2.38. The summed E-state index contributed by atoms with van der Waals surface area (Å²) in [4.78, 5) is 3.82. The number of rotatable bonds is 4. The van der Waals surface area contributed by atoms with Gasteiger partial charge in [0.25, 0.3) is 0 Å². The van der Waals surface area contributed by atoms with Crippen molar-refractivity contribution >= 4 is 11.8 Å². The van der Waals surface area contributed by atoms with E-state index in [1.54, 1.807) is 11.8 Å². The fraction of sp³-hybridized carbons (Fsp3) is 0.455. The molecule has 0 aromatic heterocycles. The summed E-state index contributed by atoms with van der Waals surface area (Å²) in [5.41, 5.74) is 8.17. The van der Waals surface area contributed by atoms with Gasteiger partial charge < -0.3 is 9.47 Å². The highest BCUT2D eigenvalue weighted by Gasteiger charge is 2.10. The first-order valence-corrected chi connectivity index (χ1v) is 6.42. The van der Waals surface area contributed by atoms with Gasteiger partial charge in [0.15, 0.2) is 11.5 Å². The van der Waals surface area contributed by atoms with Crippen LogP contribution in [0.1, 0.15) is 6.42 Å². The van der Waals surface area contributed by atoms with Gasteiger partial charge in [0.2, 0.25) is 0 Å². The van der Waals surface area contributed by atoms with Crippen LogP contribution in [-0.2, 0) is 0 Å². The van der Waals surface area contributed by atoms with Crippen molar-refractivity contribution in [3.8, 4) is 11.5 Å². The summed E-state index contributed by atoms with van der Waals surface area (Å²) in [6.45, 7) is 1.89. The van der Waals surface area contributed by atoms with E-state index in [2.05, 4.69) is 10.0 Å². The second-order valence-corrected chi connectivity index (χ2v) is 4.63. The van der Waals surface area contributed by atoms with Crippen molar-refractivity contribution in [2.75, 3.05) is 25.5 Å². The number of thioether (sulfide) groups is 1. The van der Waals surface area contributed by atoms with E-state index < -0.39 is 0 Å². The van der Waals surface area contributed by atoms with E-state index in [1.807, 2.05) is 18.2 Å². The molecule has 1 aliphatic rings. The number of nitrogens with zero attached hydrogens (tertiary/aromatic N) is 3. The molecule has 90 valence electrons. The minimum Gasteiger partial charge on any atom is -0.490 e. The number of hydrogen-bond acceptors (Lipinski definition) is 4. The maximum Gasteiger partial charge on any atom is 0.162 e. The second-order valence-electron chi connectivity index (χ2n) is 3.46. The number of fused-ring (bicyclic) bond motifs is 1. The topological polar surface area (TPSA) is 67.2 Å². The molecule has 0 fully saturated rings. The lowest BCUT2D eigenvalue weighted by Gasteiger charge is -2.08. The molecule has 6 heteroatoms. The molecule has 1 aliphatic heterocycles. The molecule has 0 atom stereocenters. The Bertz CT molecular complexity index is 433. The zero-order chi connectivity index (χ0) is 11.9. The van der Waals surface area contributed by atoms with Crippen LogP contribution >= 0.6 is 11.8 Å². The molecule has 0 saturated carbocycles. The summed E-state index contributed by atoms with van der Waals surface area (Å²) in [7, 11) is 0. The monoisotopic (exact) mass is 251 g/mol. The summed E-state index contributed by atoms with van der Waals surface area (Å²) in [6, 6.07) is 5.90. The minimum atomic E-state index is 0.496. The molecule has 0 unspecified atom stereocenters. The fourth-order valence-electron chi connectivity index (χ4n) is 1.48. The van der Waals surface area contributed by atoms with Crippen LogP contribution in [0.25, 0.3) is 10.4 Å². The maximum atomic E-state index is 8.17. The Balaban J connectivity index is 1.99. The van der Waals surface area contributed by atoms with Crippen LogP contribution in [0.4, 0.5) is 0 Å². The normalized spacial score (nSPS) is 13.6. The van der Waals surface area contributed by atoms with Gasteiger partial charge in [-0.1, -0.05) is 5.11 Å². The van der Waals surface area contributed by atoms with Gasteiger partial charge in [-0.05, 0) is 23.7 Å². The van der Waals surface area contributed by atoms with E-state index in [9.17, 15) is 0 Å². The number of ether oxygens (including phenoxy) is 2. The molecular weight excluding hydrogens is 238 g/mol. The molecule has 0 aliphatic carbocycles. The van der Waals surface area contributed by atoms with Gasteiger partial charge in [-0.15, -0.1) is 11.8 Å². The van der Waals surface area contributed by atoms with Gasteiger partial charge in [0, 0.05) is 28.5 Å². The van der Waals surface area contributed by atoms with E-state index >= 15 is 0 Å². The molecule has 0 N–H and O–H groups in total. The van der Waals surface area contributed by atoms with Gasteiger partial charge in [-0.2, -0.15) is 0 Å². The maximum absolute atomic E-state index is 8.17. The largest absolute Gasteiger partial charge is 0.490 e. The predicted molar refractivity (Wildman–Crippen MR) is 66.8 cm³/mol. The lowest BCUT2D eigenvalue weighted by Crippen LogP contribution is -1.97. The third kappa shape index (κ3) is 3.47. The van der Waals surface area contributed by atoms with Gasteiger partial charge in [-0.3, -0.25) is 0 Å². The van der Waals surface area contributed by atoms with Crippen LogP contribution in [0.2, 0.25) is 0 Å². The fourth-order valence-corrected chi connectivity index (χ4v) is 2.25. The number of azide groups is 1. The van der Waals surface area contributed by atoms with Crippen molar-refractivity contribution in [1.82, 2.24) is 0 Å². The quantitative estimate of drug-likeness (QED) is 0.271. The average Bonchev–Trinajstić information content (AvgIpc) is 2.59. The third-order valence-corrected chi connectivity index (χ3v) is 3.22. The lowest BCUT2D eigenvalue weighted by atomic mass is 10.3. The van der Waals surface area contributed by atoms with Crippen LogP contribution in [0, 0.1) is 0 Å². The van der Waals surface area contributed by atoms with Crippen LogP contribution in [0.3, 0.4) is 0 Å². The molecule has 0 radical (unpaired) electrons. The molecule has 5 nitrogen and oxygen atoms in total. The van der Waals surface area contributed by atoms with Crippen LogP contribution < -0.4 is 9.47 Å². The van der Waals surface area contributed by atoms with Gasteiger partial charge >= 0.3 is 0 Å². The Morgan fingerprint density at radius 1 is 1.29 bits per heavy atom. The van der Waals surface area contributed by atoms with Crippen LogP contribution in [0.15, 0.2) is 28.2 Å². The first-order valence-electron chi connectivity index (χ1n) is 5.43. The molecule has 0 bridgehead atoms. The molecule has 0 amide bonds. The highest BCUT2D eigenvalue weighted by atomic mass is 32.2. The van der Waals surface area contributed by atoms with Crippen molar-refractivity contribution in [3.63, 3.8) is 0 Å². The Kier molecular flexibility index (Phi) is 4.41. The standard InChI is InChI=1S/C11H13N3O2S/c12-14-13-4-7-17-9-2-3-10-11(8-9)16-6-1-5-15-10/h2-3,8H,1,4-7H2. The first kappa shape index (κ1) is 12.0. The van der Waals surface area contributed by atoms with Crippen molar-refractivity contribution < 1.29 is 9.47 Å². The van der Waals surface area contributed by atoms with Crippen LogP contribution in [-0.4, -0.2) is 25.5 Å². The Labute approximate surface area is 104 Å². The number of hydrogen-bond donors (Lipinski definition) is 0. The van der Waals surface area contributed by atoms with Crippen molar-refractivity contribution in [2.45, 2.75) is 11.3 Å². The van der Waals surface area contributed by atoms with Gasteiger partial charge in [0.05, 0.1) is 13.2 Å². The van der Waals surface area contributed by atoms with E-state index in [0.29, 0.717) is 19.8 Å². The molecule has 1 heterocycles. The Morgan fingerprint density at radius 3 is 2.94 bits per heavy atom. The van der Waals surface area contributed by atoms with Crippen molar-refractivity contribution in [1.29, 1.82) is 0 Å². The van der Waals surface area contributed by atoms with E-state index in [0.717, 1.165) is 28.6 Å². The highest BCUT2D eigenvalue weighted by molar-refractivity contribution is 7.99. The third-order valence-electron chi connectivity index (χ3n) is 2.24. The van der Waals surface area contributed by atoms with E-state index in [1.165, 1.54) is 0 Å². The van der Waals surface area contributed by atoms with E-state index in [-0.39, 0.29) is 0 Å². The molecule has 17 heavy (non-hydrogen) atoms. The zero-order valence-corrected chi connectivity index (χ0v) is 10.2. The minimum absolute atomic E-state index is 0.496. The van der Waals surface area contributed by atoms with E-state index in [4.69, 9.17) is 15.0 Å². The predicted octanol–water partition coefficient (Wildman–Crippen LogP) is 3.25. The van der Waals surface area contributed by atoms with Crippen LogP contribution in [0.5, 0.6) is 11.5 Å². The average molecular weight is 251 g/mol. The summed E-state index contributed by atoms with van der Waals surface area (Å²) < 4.78 is 11.1.